The van der Waals surface area contributed by atoms with Gasteiger partial charge in [-0.25, -0.2) is 0 Å². The van der Waals surface area contributed by atoms with Gasteiger partial charge in [-0.2, -0.15) is 5.26 Å². The number of likely N-dealkylation sites (tertiary alicyclic amines) is 1. The molecule has 1 heterocycles. The molecule has 1 N–H and O–H groups in total. The molecule has 4 heteroatoms. The molecular weight excluding hydrogens is 346 g/mol. The SMILES string of the molecule is CNC(=O)CCc1ccc(CC2CCN(Cc3cccc(C#N)c3)CC2)cc1. The largest absolute Gasteiger partial charge is 0.359 e. The first kappa shape index (κ1) is 20.1. The Morgan fingerprint density at radius 3 is 2.50 bits per heavy atom. The van der Waals surface area contributed by atoms with Crippen molar-refractivity contribution in [1.29, 1.82) is 5.26 Å². The summed E-state index contributed by atoms with van der Waals surface area (Å²) in [7, 11) is 1.68. The predicted octanol–water partition coefficient (Wildman–Crippen LogP) is 3.69. The van der Waals surface area contributed by atoms with Gasteiger partial charge in [0.25, 0.3) is 0 Å². The highest BCUT2D eigenvalue weighted by Gasteiger charge is 2.19. The summed E-state index contributed by atoms with van der Waals surface area (Å²) < 4.78 is 0. The molecule has 1 aliphatic heterocycles. The first-order valence-electron chi connectivity index (χ1n) is 10.2. The van der Waals surface area contributed by atoms with Gasteiger partial charge in [-0.15, -0.1) is 0 Å². The maximum atomic E-state index is 11.4. The molecule has 0 aromatic heterocycles. The van der Waals surface area contributed by atoms with E-state index in [1.165, 1.54) is 29.5 Å². The van der Waals surface area contributed by atoms with Crippen molar-refractivity contribution in [3.63, 3.8) is 0 Å². The van der Waals surface area contributed by atoms with Crippen LogP contribution >= 0.6 is 0 Å². The molecule has 1 saturated heterocycles. The Morgan fingerprint density at radius 2 is 1.82 bits per heavy atom. The smallest absolute Gasteiger partial charge is 0.220 e. The first-order valence-corrected chi connectivity index (χ1v) is 10.2. The van der Waals surface area contributed by atoms with Gasteiger partial charge in [0.05, 0.1) is 11.6 Å². The fourth-order valence-electron chi connectivity index (χ4n) is 3.90. The zero-order chi connectivity index (χ0) is 19.8. The highest BCUT2D eigenvalue weighted by atomic mass is 16.1. The van der Waals surface area contributed by atoms with E-state index in [1.54, 1.807) is 7.05 Å². The minimum atomic E-state index is 0.0928. The summed E-state index contributed by atoms with van der Waals surface area (Å²) in [5.74, 6) is 0.827. The van der Waals surface area contributed by atoms with Crippen LogP contribution in [-0.4, -0.2) is 30.9 Å². The molecule has 0 bridgehead atoms. The van der Waals surface area contributed by atoms with Crippen LogP contribution in [0.1, 0.15) is 41.5 Å². The third-order valence-corrected chi connectivity index (χ3v) is 5.64. The average molecular weight is 376 g/mol. The molecule has 28 heavy (non-hydrogen) atoms. The van der Waals surface area contributed by atoms with Gasteiger partial charge in [0, 0.05) is 20.0 Å². The van der Waals surface area contributed by atoms with Gasteiger partial charge in [-0.3, -0.25) is 9.69 Å². The number of amides is 1. The molecular formula is C24H29N3O. The molecule has 0 atom stereocenters. The molecule has 1 aliphatic rings. The van der Waals surface area contributed by atoms with Crippen molar-refractivity contribution in [2.45, 2.75) is 38.6 Å². The van der Waals surface area contributed by atoms with E-state index in [0.29, 0.717) is 6.42 Å². The second-order valence-corrected chi connectivity index (χ2v) is 7.73. The number of carbonyl (C=O) groups excluding carboxylic acids is 1. The molecule has 0 aliphatic carbocycles. The third-order valence-electron chi connectivity index (χ3n) is 5.64. The van der Waals surface area contributed by atoms with Crippen LogP contribution in [0.4, 0.5) is 0 Å². The van der Waals surface area contributed by atoms with Crippen molar-refractivity contribution in [1.82, 2.24) is 10.2 Å². The number of nitrogens with zero attached hydrogens (tertiary/aromatic N) is 2. The molecule has 3 rings (SSSR count). The fraction of sp³-hybridized carbons (Fsp3) is 0.417. The van der Waals surface area contributed by atoms with Crippen LogP contribution in [0, 0.1) is 17.2 Å². The number of carbonyl (C=O) groups is 1. The lowest BCUT2D eigenvalue weighted by atomic mass is 9.89. The number of nitriles is 1. The Labute approximate surface area is 168 Å². The van der Waals surface area contributed by atoms with Crippen LogP contribution in [0.3, 0.4) is 0 Å². The number of aryl methyl sites for hydroxylation is 1. The van der Waals surface area contributed by atoms with Crippen molar-refractivity contribution in [2.75, 3.05) is 20.1 Å². The lowest BCUT2D eigenvalue weighted by molar-refractivity contribution is -0.120. The van der Waals surface area contributed by atoms with Gasteiger partial charge in [0.1, 0.15) is 0 Å². The monoisotopic (exact) mass is 375 g/mol. The molecule has 2 aromatic rings. The topological polar surface area (TPSA) is 56.1 Å². The molecule has 1 fully saturated rings. The minimum Gasteiger partial charge on any atom is -0.359 e. The maximum absolute atomic E-state index is 11.4. The normalized spacial score (nSPS) is 15.1. The number of benzene rings is 2. The van der Waals surface area contributed by atoms with E-state index in [-0.39, 0.29) is 5.91 Å². The van der Waals surface area contributed by atoms with E-state index in [9.17, 15) is 4.79 Å². The highest BCUT2D eigenvalue weighted by molar-refractivity contribution is 5.75. The van der Waals surface area contributed by atoms with E-state index >= 15 is 0 Å². The lowest BCUT2D eigenvalue weighted by Gasteiger charge is -2.32. The van der Waals surface area contributed by atoms with Gasteiger partial charge in [-0.1, -0.05) is 36.4 Å². The molecule has 4 nitrogen and oxygen atoms in total. The zero-order valence-corrected chi connectivity index (χ0v) is 16.7. The van der Waals surface area contributed by atoms with E-state index in [4.69, 9.17) is 5.26 Å². The lowest BCUT2D eigenvalue weighted by Crippen LogP contribution is -2.33. The Bertz CT molecular complexity index is 814. The summed E-state index contributed by atoms with van der Waals surface area (Å²) in [4.78, 5) is 13.9. The van der Waals surface area contributed by atoms with Crippen LogP contribution < -0.4 is 5.32 Å². The number of rotatable bonds is 7. The van der Waals surface area contributed by atoms with Crippen molar-refractivity contribution in [2.24, 2.45) is 5.92 Å². The third kappa shape index (κ3) is 5.94. The summed E-state index contributed by atoms with van der Waals surface area (Å²) in [6.45, 7) is 3.17. The van der Waals surface area contributed by atoms with Crippen LogP contribution in [0.15, 0.2) is 48.5 Å². The van der Waals surface area contributed by atoms with Crippen molar-refractivity contribution in [3.8, 4) is 6.07 Å². The van der Waals surface area contributed by atoms with Gasteiger partial charge < -0.3 is 5.32 Å². The fourth-order valence-corrected chi connectivity index (χ4v) is 3.90. The van der Waals surface area contributed by atoms with Gasteiger partial charge in [0.15, 0.2) is 0 Å². The Kier molecular flexibility index (Phi) is 7.22. The molecule has 0 saturated carbocycles. The average Bonchev–Trinajstić information content (AvgIpc) is 2.74. The van der Waals surface area contributed by atoms with Gasteiger partial charge in [0.2, 0.25) is 5.91 Å². The second kappa shape index (κ2) is 10.1. The Hall–Kier alpha value is -2.64. The highest BCUT2D eigenvalue weighted by Crippen LogP contribution is 2.23. The molecule has 2 aromatic carbocycles. The van der Waals surface area contributed by atoms with E-state index in [0.717, 1.165) is 44.0 Å². The zero-order valence-electron chi connectivity index (χ0n) is 16.7. The van der Waals surface area contributed by atoms with Crippen LogP contribution in [-0.2, 0) is 24.2 Å². The summed E-state index contributed by atoms with van der Waals surface area (Å²) in [6.07, 6.45) is 4.91. The number of hydrogen-bond acceptors (Lipinski definition) is 3. The standard InChI is InChI=1S/C24H29N3O/c1-26-24(28)10-9-19-5-7-20(8-6-19)15-21-11-13-27(14-12-21)18-23-4-2-3-22(16-23)17-25/h2-8,16,21H,9-15,18H2,1H3,(H,26,28). The van der Waals surface area contributed by atoms with Crippen molar-refractivity contribution >= 4 is 5.91 Å². The summed E-state index contributed by atoms with van der Waals surface area (Å²) in [5, 5.41) is 11.7. The van der Waals surface area contributed by atoms with E-state index in [1.807, 2.05) is 18.2 Å². The van der Waals surface area contributed by atoms with E-state index in [2.05, 4.69) is 46.6 Å². The number of nitrogens with one attached hydrogen (secondary N) is 1. The first-order chi connectivity index (χ1) is 13.7. The predicted molar refractivity (Wildman–Crippen MR) is 112 cm³/mol. The molecule has 0 radical (unpaired) electrons. The maximum Gasteiger partial charge on any atom is 0.220 e. The number of piperidine rings is 1. The van der Waals surface area contributed by atoms with Crippen LogP contribution in [0.2, 0.25) is 0 Å². The summed E-state index contributed by atoms with van der Waals surface area (Å²) in [5.41, 5.74) is 4.58. The van der Waals surface area contributed by atoms with Gasteiger partial charge in [-0.05, 0) is 73.5 Å². The quantitative estimate of drug-likeness (QED) is 0.803. The van der Waals surface area contributed by atoms with Crippen LogP contribution in [0.5, 0.6) is 0 Å². The molecule has 0 spiro atoms. The number of hydrogen-bond donors (Lipinski definition) is 1. The van der Waals surface area contributed by atoms with Crippen molar-refractivity contribution in [3.05, 3.63) is 70.8 Å². The van der Waals surface area contributed by atoms with Crippen LogP contribution in [0.25, 0.3) is 0 Å². The summed E-state index contributed by atoms with van der Waals surface area (Å²) >= 11 is 0. The van der Waals surface area contributed by atoms with Gasteiger partial charge >= 0.3 is 0 Å². The minimum absolute atomic E-state index is 0.0928. The second-order valence-electron chi connectivity index (χ2n) is 7.73. The molecule has 1 amide bonds. The summed E-state index contributed by atoms with van der Waals surface area (Å²) in [6, 6.07) is 18.9. The van der Waals surface area contributed by atoms with Crippen molar-refractivity contribution < 1.29 is 4.79 Å². The molecule has 0 unspecified atom stereocenters. The Balaban J connectivity index is 1.44. The van der Waals surface area contributed by atoms with E-state index < -0.39 is 0 Å². The Morgan fingerprint density at radius 1 is 1.11 bits per heavy atom. The molecule has 146 valence electrons.